The molecule has 0 atom stereocenters. The highest BCUT2D eigenvalue weighted by Gasteiger charge is 2.25. The van der Waals surface area contributed by atoms with E-state index in [0.717, 1.165) is 5.56 Å². The normalized spacial score (nSPS) is 11.0. The summed E-state index contributed by atoms with van der Waals surface area (Å²) in [6, 6.07) is 16.9. The summed E-state index contributed by atoms with van der Waals surface area (Å²) in [6.07, 6.45) is 0. The number of hydrogen-bond donors (Lipinski definition) is 1. The summed E-state index contributed by atoms with van der Waals surface area (Å²) in [5.74, 6) is 0. The number of hydrogen-bond acceptors (Lipinski definition) is 3. The summed E-state index contributed by atoms with van der Waals surface area (Å²) in [5, 5.41) is -0.0316. The molecule has 0 aliphatic heterocycles. The van der Waals surface area contributed by atoms with Crippen molar-refractivity contribution in [3.8, 4) is 0 Å². The van der Waals surface area contributed by atoms with E-state index in [1.165, 1.54) is 0 Å². The van der Waals surface area contributed by atoms with Gasteiger partial charge in [-0.25, -0.2) is 0 Å². The summed E-state index contributed by atoms with van der Waals surface area (Å²) in [6.45, 7) is 3.89. The zero-order chi connectivity index (χ0) is 15.5. The van der Waals surface area contributed by atoms with Gasteiger partial charge >= 0.3 is 0 Å². The fourth-order valence-corrected chi connectivity index (χ4v) is 2.61. The first-order chi connectivity index (χ1) is 9.92. The van der Waals surface area contributed by atoms with Crippen LogP contribution in [0.3, 0.4) is 0 Å². The van der Waals surface area contributed by atoms with Gasteiger partial charge in [-0.3, -0.25) is 4.79 Å². The van der Waals surface area contributed by atoms with Crippen LogP contribution in [0.1, 0.15) is 35.3 Å². The van der Waals surface area contributed by atoms with Gasteiger partial charge < -0.3 is 4.74 Å². The number of benzene rings is 2. The standard InChI is InChI=1S/C17H16O2S2/c1-17(2,12-8-4-3-5-9-12)19-16(21)14-11-7-6-10-13(14)15(18)20/h3-11H,1-2H3,(H,18,20). The number of thiol groups is 1. The first-order valence-electron chi connectivity index (χ1n) is 6.53. The van der Waals surface area contributed by atoms with E-state index in [1.807, 2.05) is 50.2 Å². The van der Waals surface area contributed by atoms with Crippen molar-refractivity contribution in [2.24, 2.45) is 0 Å². The van der Waals surface area contributed by atoms with Crippen LogP contribution in [0.25, 0.3) is 0 Å². The maximum absolute atomic E-state index is 11.6. The Hall–Kier alpha value is -1.65. The molecule has 0 saturated carbocycles. The van der Waals surface area contributed by atoms with Crippen molar-refractivity contribution < 1.29 is 9.53 Å². The molecule has 108 valence electrons. The molecule has 0 aliphatic rings. The fraction of sp³-hybridized carbons (Fsp3) is 0.176. The molecule has 0 fully saturated rings. The van der Waals surface area contributed by atoms with Gasteiger partial charge in [0, 0.05) is 11.1 Å². The van der Waals surface area contributed by atoms with E-state index in [9.17, 15) is 4.79 Å². The van der Waals surface area contributed by atoms with E-state index in [0.29, 0.717) is 16.2 Å². The second-order valence-electron chi connectivity index (χ2n) is 5.12. The third-order valence-electron chi connectivity index (χ3n) is 3.19. The molecule has 0 saturated heterocycles. The zero-order valence-electron chi connectivity index (χ0n) is 11.9. The van der Waals surface area contributed by atoms with E-state index in [-0.39, 0.29) is 5.12 Å². The zero-order valence-corrected chi connectivity index (χ0v) is 13.6. The lowest BCUT2D eigenvalue weighted by Gasteiger charge is -2.27. The Morgan fingerprint density at radius 3 is 2.10 bits per heavy atom. The van der Waals surface area contributed by atoms with Gasteiger partial charge in [0.25, 0.3) is 0 Å². The molecule has 0 aliphatic carbocycles. The van der Waals surface area contributed by atoms with Crippen LogP contribution in [-0.2, 0) is 10.3 Å². The Morgan fingerprint density at radius 1 is 1.00 bits per heavy atom. The molecule has 4 heteroatoms. The summed E-state index contributed by atoms with van der Waals surface area (Å²) in [4.78, 5) is 11.6. The van der Waals surface area contributed by atoms with Crippen molar-refractivity contribution >= 4 is 35.0 Å². The van der Waals surface area contributed by atoms with Crippen molar-refractivity contribution in [2.75, 3.05) is 0 Å². The maximum Gasteiger partial charge on any atom is 0.217 e. The Kier molecular flexibility index (Phi) is 4.80. The minimum absolute atomic E-state index is 0.293. The van der Waals surface area contributed by atoms with Crippen LogP contribution in [0.15, 0.2) is 54.6 Å². The highest BCUT2D eigenvalue weighted by atomic mass is 32.1. The highest BCUT2D eigenvalue weighted by molar-refractivity contribution is 7.97. The van der Waals surface area contributed by atoms with Crippen LogP contribution < -0.4 is 0 Å². The number of thiocarbonyl (C=S) groups is 1. The molecule has 0 bridgehead atoms. The van der Waals surface area contributed by atoms with Crippen LogP contribution in [0.5, 0.6) is 0 Å². The van der Waals surface area contributed by atoms with E-state index in [2.05, 4.69) is 12.6 Å². The van der Waals surface area contributed by atoms with Crippen LogP contribution in [-0.4, -0.2) is 10.2 Å². The smallest absolute Gasteiger partial charge is 0.217 e. The van der Waals surface area contributed by atoms with Gasteiger partial charge in [-0.05, 0) is 43.8 Å². The lowest BCUT2D eigenvalue weighted by molar-refractivity contribution is 0.0992. The van der Waals surface area contributed by atoms with Crippen LogP contribution in [0, 0.1) is 0 Å². The second kappa shape index (κ2) is 6.41. The van der Waals surface area contributed by atoms with Gasteiger partial charge in [0.05, 0.1) is 0 Å². The molecular formula is C17H16O2S2. The number of rotatable bonds is 4. The van der Waals surface area contributed by atoms with Gasteiger partial charge in [0.1, 0.15) is 5.60 Å². The quantitative estimate of drug-likeness (QED) is 0.669. The second-order valence-corrected chi connectivity index (χ2v) is 5.89. The predicted octanol–water partition coefficient (Wildman–Crippen LogP) is 4.38. The molecule has 0 spiro atoms. The molecule has 0 radical (unpaired) electrons. The minimum atomic E-state index is -0.578. The Bertz CT molecular complexity index is 664. The molecule has 2 aromatic rings. The third-order valence-corrected chi connectivity index (χ3v) is 3.74. The highest BCUT2D eigenvalue weighted by Crippen LogP contribution is 2.27. The molecule has 0 N–H and O–H groups in total. The van der Waals surface area contributed by atoms with Crippen LogP contribution >= 0.6 is 24.8 Å². The van der Waals surface area contributed by atoms with Crippen molar-refractivity contribution in [3.05, 3.63) is 71.3 Å². The first kappa shape index (κ1) is 15.7. The lowest BCUT2D eigenvalue weighted by atomic mass is 9.98. The molecule has 2 rings (SSSR count). The Balaban J connectivity index is 2.28. The van der Waals surface area contributed by atoms with Crippen LogP contribution in [0.4, 0.5) is 0 Å². The molecular weight excluding hydrogens is 300 g/mol. The topological polar surface area (TPSA) is 26.3 Å². The Labute approximate surface area is 135 Å². The van der Waals surface area contributed by atoms with Crippen molar-refractivity contribution in [2.45, 2.75) is 19.4 Å². The minimum Gasteiger partial charge on any atom is -0.472 e. The van der Waals surface area contributed by atoms with Crippen molar-refractivity contribution in [1.29, 1.82) is 0 Å². The molecule has 21 heavy (non-hydrogen) atoms. The average Bonchev–Trinajstić information content (AvgIpc) is 2.47. The molecule has 2 aromatic carbocycles. The van der Waals surface area contributed by atoms with Crippen LogP contribution in [0.2, 0.25) is 0 Å². The van der Waals surface area contributed by atoms with Gasteiger partial charge in [0.2, 0.25) is 5.12 Å². The summed E-state index contributed by atoms with van der Waals surface area (Å²) < 4.78 is 5.95. The number of carbonyl (C=O) groups is 1. The molecule has 0 amide bonds. The molecule has 0 heterocycles. The van der Waals surface area contributed by atoms with Gasteiger partial charge in [-0.15, -0.1) is 12.6 Å². The van der Waals surface area contributed by atoms with Gasteiger partial charge in [0.15, 0.2) is 5.05 Å². The monoisotopic (exact) mass is 316 g/mol. The van der Waals surface area contributed by atoms with E-state index in [4.69, 9.17) is 17.0 Å². The molecule has 0 unspecified atom stereocenters. The SMILES string of the molecule is CC(C)(OC(=S)c1ccccc1C(=O)S)c1ccccc1. The van der Waals surface area contributed by atoms with Crippen molar-refractivity contribution in [3.63, 3.8) is 0 Å². The maximum atomic E-state index is 11.6. The first-order valence-corrected chi connectivity index (χ1v) is 7.38. The average molecular weight is 316 g/mol. The Morgan fingerprint density at radius 2 is 1.52 bits per heavy atom. The number of ether oxygens (including phenoxy) is 1. The van der Waals surface area contributed by atoms with E-state index < -0.39 is 5.60 Å². The predicted molar refractivity (Wildman–Crippen MR) is 92.0 cm³/mol. The van der Waals surface area contributed by atoms with Gasteiger partial charge in [-0.2, -0.15) is 0 Å². The largest absolute Gasteiger partial charge is 0.472 e. The summed E-state index contributed by atoms with van der Waals surface area (Å²) in [7, 11) is 0. The van der Waals surface area contributed by atoms with E-state index in [1.54, 1.807) is 18.2 Å². The van der Waals surface area contributed by atoms with E-state index >= 15 is 0 Å². The number of carbonyl (C=O) groups excluding carboxylic acids is 1. The van der Waals surface area contributed by atoms with Crippen molar-refractivity contribution in [1.82, 2.24) is 0 Å². The molecule has 2 nitrogen and oxygen atoms in total. The summed E-state index contributed by atoms with van der Waals surface area (Å²) in [5.41, 5.74) is 1.48. The third kappa shape index (κ3) is 3.71. The lowest BCUT2D eigenvalue weighted by Crippen LogP contribution is -2.25. The van der Waals surface area contributed by atoms with Gasteiger partial charge in [-0.1, -0.05) is 42.5 Å². The fourth-order valence-electron chi connectivity index (χ4n) is 2.03. The molecule has 0 aromatic heterocycles. The summed E-state index contributed by atoms with van der Waals surface area (Å²) >= 11 is 9.25.